The first-order valence-corrected chi connectivity index (χ1v) is 8.83. The first kappa shape index (κ1) is 16.4. The van der Waals surface area contributed by atoms with Gasteiger partial charge in [-0.2, -0.15) is 4.31 Å². The van der Waals surface area contributed by atoms with Crippen molar-refractivity contribution in [2.24, 2.45) is 0 Å². The Kier molecular flexibility index (Phi) is 6.57. The second kappa shape index (κ2) is 7.21. The van der Waals surface area contributed by atoms with E-state index >= 15 is 0 Å². The number of alkyl halides is 1. The molecule has 1 aromatic heterocycles. The minimum absolute atomic E-state index is 0.258. The second-order valence-corrected chi connectivity index (χ2v) is 8.52. The van der Waals surface area contributed by atoms with E-state index in [1.807, 2.05) is 6.92 Å². The molecular weight excluding hydrogens is 362 g/mol. The molecule has 0 N–H and O–H groups in total. The fourth-order valence-electron chi connectivity index (χ4n) is 1.33. The number of rotatable bonds is 7. The van der Waals surface area contributed by atoms with E-state index < -0.39 is 10.0 Å². The summed E-state index contributed by atoms with van der Waals surface area (Å²) < 4.78 is 32.2. The van der Waals surface area contributed by atoms with Crippen molar-refractivity contribution in [1.82, 2.24) is 4.31 Å². The fourth-order valence-corrected chi connectivity index (χ4v) is 5.44. The molecule has 0 fully saturated rings. The molecule has 1 aromatic rings. The number of nitrogens with zero attached hydrogens (tertiary/aromatic N) is 1. The van der Waals surface area contributed by atoms with Crippen molar-refractivity contribution in [2.45, 2.75) is 11.1 Å². The number of thiophene rings is 1. The average Bonchev–Trinajstić information content (AvgIpc) is 2.65. The topological polar surface area (TPSA) is 46.6 Å². The lowest BCUT2D eigenvalue weighted by molar-refractivity contribution is 0.180. The predicted molar refractivity (Wildman–Crippen MR) is 78.1 cm³/mol. The molecule has 0 atom stereocenters. The number of ether oxygens (including phenoxy) is 1. The Balaban J connectivity index is 3.00. The second-order valence-electron chi connectivity index (χ2n) is 3.61. The Morgan fingerprint density at radius 3 is 2.61 bits per heavy atom. The monoisotopic (exact) mass is 375 g/mol. The van der Waals surface area contributed by atoms with Gasteiger partial charge in [-0.05, 0) is 34.5 Å². The van der Waals surface area contributed by atoms with Crippen LogP contribution in [0.5, 0.6) is 0 Å². The molecule has 0 saturated heterocycles. The van der Waals surface area contributed by atoms with E-state index in [4.69, 9.17) is 16.3 Å². The van der Waals surface area contributed by atoms with Gasteiger partial charge in [-0.1, -0.05) is 0 Å². The highest BCUT2D eigenvalue weighted by Gasteiger charge is 2.26. The van der Waals surface area contributed by atoms with Crippen LogP contribution < -0.4 is 0 Å². The van der Waals surface area contributed by atoms with Gasteiger partial charge in [-0.15, -0.1) is 22.9 Å². The van der Waals surface area contributed by atoms with Gasteiger partial charge in [0.2, 0.25) is 0 Å². The molecule has 18 heavy (non-hydrogen) atoms. The Labute approximate surface area is 125 Å². The third-order valence-corrected chi connectivity index (χ3v) is 6.96. The van der Waals surface area contributed by atoms with Crippen LogP contribution in [0.1, 0.15) is 5.56 Å². The van der Waals surface area contributed by atoms with Crippen LogP contribution in [0.25, 0.3) is 0 Å². The Bertz CT molecular complexity index is 470. The fraction of sp³-hybridized carbons (Fsp3) is 0.600. The van der Waals surface area contributed by atoms with Gasteiger partial charge in [0.15, 0.2) is 0 Å². The number of hydrogen-bond donors (Lipinski definition) is 0. The molecule has 0 amide bonds. The molecule has 0 aliphatic carbocycles. The van der Waals surface area contributed by atoms with E-state index in [0.29, 0.717) is 17.4 Å². The maximum atomic E-state index is 12.4. The molecule has 0 radical (unpaired) electrons. The molecule has 0 saturated carbocycles. The van der Waals surface area contributed by atoms with Crippen molar-refractivity contribution in [2.75, 3.05) is 32.7 Å². The first-order chi connectivity index (χ1) is 8.43. The van der Waals surface area contributed by atoms with Gasteiger partial charge in [-0.25, -0.2) is 8.42 Å². The number of sulfonamides is 1. The molecule has 104 valence electrons. The summed E-state index contributed by atoms with van der Waals surface area (Å²) in [6, 6.07) is 1.66. The molecule has 0 bridgehead atoms. The summed E-state index contributed by atoms with van der Waals surface area (Å²) in [7, 11) is -1.94. The van der Waals surface area contributed by atoms with E-state index in [0.717, 1.165) is 9.35 Å². The van der Waals surface area contributed by atoms with Gasteiger partial charge in [0.25, 0.3) is 10.0 Å². The third kappa shape index (κ3) is 3.91. The summed E-state index contributed by atoms with van der Waals surface area (Å²) in [5, 5.41) is 0. The molecule has 1 heterocycles. The van der Waals surface area contributed by atoms with Crippen molar-refractivity contribution in [3.05, 3.63) is 15.4 Å². The summed E-state index contributed by atoms with van der Waals surface area (Å²) in [5.41, 5.74) is 0.913. The SMILES string of the molecule is COCCN(CCCl)S(=O)(=O)c1cc(C)c(Br)s1. The minimum atomic E-state index is -3.48. The molecule has 0 spiro atoms. The van der Waals surface area contributed by atoms with E-state index in [9.17, 15) is 8.42 Å². The molecule has 1 rings (SSSR count). The van der Waals surface area contributed by atoms with Crippen LogP contribution in [-0.4, -0.2) is 45.4 Å². The quantitative estimate of drug-likeness (QED) is 0.687. The Morgan fingerprint density at radius 2 is 2.17 bits per heavy atom. The molecular formula is C10H15BrClNO3S2. The van der Waals surface area contributed by atoms with Gasteiger partial charge >= 0.3 is 0 Å². The van der Waals surface area contributed by atoms with Crippen LogP contribution in [0.3, 0.4) is 0 Å². The normalized spacial score (nSPS) is 12.3. The molecule has 8 heteroatoms. The van der Waals surface area contributed by atoms with Crippen LogP contribution in [-0.2, 0) is 14.8 Å². The lowest BCUT2D eigenvalue weighted by Gasteiger charge is -2.19. The molecule has 0 aliphatic heterocycles. The zero-order valence-corrected chi connectivity index (χ0v) is 14.1. The number of hydrogen-bond acceptors (Lipinski definition) is 4. The smallest absolute Gasteiger partial charge is 0.252 e. The van der Waals surface area contributed by atoms with Gasteiger partial charge in [0.1, 0.15) is 4.21 Å². The zero-order chi connectivity index (χ0) is 13.8. The lowest BCUT2D eigenvalue weighted by atomic mass is 10.4. The van der Waals surface area contributed by atoms with Crippen LogP contribution in [0.4, 0.5) is 0 Å². The van der Waals surface area contributed by atoms with Gasteiger partial charge in [-0.3, -0.25) is 0 Å². The third-order valence-electron chi connectivity index (χ3n) is 2.31. The van der Waals surface area contributed by atoms with Gasteiger partial charge < -0.3 is 4.74 Å². The predicted octanol–water partition coefficient (Wildman–Crippen LogP) is 2.69. The summed E-state index contributed by atoms with van der Waals surface area (Å²) in [6.07, 6.45) is 0. The van der Waals surface area contributed by atoms with Crippen molar-refractivity contribution in [1.29, 1.82) is 0 Å². The number of aryl methyl sites for hydroxylation is 1. The Hall–Kier alpha value is 0.340. The maximum absolute atomic E-state index is 12.4. The van der Waals surface area contributed by atoms with Crippen LogP contribution in [0.2, 0.25) is 0 Å². The molecule has 0 aliphatic rings. The molecule has 4 nitrogen and oxygen atoms in total. The van der Waals surface area contributed by atoms with Crippen LogP contribution >= 0.6 is 38.9 Å². The van der Waals surface area contributed by atoms with Crippen LogP contribution in [0.15, 0.2) is 14.1 Å². The van der Waals surface area contributed by atoms with E-state index in [1.165, 1.54) is 22.8 Å². The van der Waals surface area contributed by atoms with Crippen molar-refractivity contribution in [3.63, 3.8) is 0 Å². The average molecular weight is 377 g/mol. The van der Waals surface area contributed by atoms with Crippen molar-refractivity contribution in [3.8, 4) is 0 Å². The standard InChI is InChI=1S/C10H15BrClNO3S2/c1-8-7-9(17-10(8)11)18(14,15)13(4-3-12)5-6-16-2/h7H,3-6H2,1-2H3. The largest absolute Gasteiger partial charge is 0.383 e. The van der Waals surface area contributed by atoms with Crippen LogP contribution in [0, 0.1) is 6.92 Å². The zero-order valence-electron chi connectivity index (χ0n) is 10.2. The summed E-state index contributed by atoms with van der Waals surface area (Å²) in [6.45, 7) is 2.80. The molecule has 0 unspecified atom stereocenters. The summed E-state index contributed by atoms with van der Waals surface area (Å²) in [4.78, 5) is 0. The summed E-state index contributed by atoms with van der Waals surface area (Å²) in [5.74, 6) is 0.258. The Morgan fingerprint density at radius 1 is 1.50 bits per heavy atom. The van der Waals surface area contributed by atoms with E-state index in [-0.39, 0.29) is 12.4 Å². The minimum Gasteiger partial charge on any atom is -0.383 e. The number of methoxy groups -OCH3 is 1. The highest BCUT2D eigenvalue weighted by Crippen LogP contribution is 2.32. The molecule has 0 aromatic carbocycles. The summed E-state index contributed by atoms with van der Waals surface area (Å²) >= 11 is 10.2. The van der Waals surface area contributed by atoms with Crippen molar-refractivity contribution < 1.29 is 13.2 Å². The van der Waals surface area contributed by atoms with E-state index in [1.54, 1.807) is 6.07 Å². The first-order valence-electron chi connectivity index (χ1n) is 5.24. The lowest BCUT2D eigenvalue weighted by Crippen LogP contribution is -2.35. The van der Waals surface area contributed by atoms with Gasteiger partial charge in [0, 0.05) is 26.1 Å². The maximum Gasteiger partial charge on any atom is 0.252 e. The number of halogens is 2. The van der Waals surface area contributed by atoms with Crippen molar-refractivity contribution >= 4 is 48.9 Å². The van der Waals surface area contributed by atoms with E-state index in [2.05, 4.69) is 15.9 Å². The van der Waals surface area contributed by atoms with Gasteiger partial charge in [0.05, 0.1) is 10.4 Å². The highest BCUT2D eigenvalue weighted by atomic mass is 79.9. The highest BCUT2D eigenvalue weighted by molar-refractivity contribution is 9.11.